The number of nitrogens with zero attached hydrogens (tertiary/aromatic N) is 1. The van der Waals surface area contributed by atoms with Gasteiger partial charge in [0.1, 0.15) is 18.0 Å². The van der Waals surface area contributed by atoms with Gasteiger partial charge in [-0.2, -0.15) is 0 Å². The van der Waals surface area contributed by atoms with Crippen molar-refractivity contribution in [3.8, 4) is 5.75 Å². The molecule has 1 aromatic rings. The Labute approximate surface area is 156 Å². The molecule has 1 amide bonds. The van der Waals surface area contributed by atoms with Gasteiger partial charge in [-0.3, -0.25) is 9.69 Å². The van der Waals surface area contributed by atoms with Gasteiger partial charge in [0, 0.05) is 31.9 Å². The van der Waals surface area contributed by atoms with E-state index in [9.17, 15) is 4.79 Å². The number of hydrogen-bond donors (Lipinski definition) is 1. The normalized spacial score (nSPS) is 17.5. The molecule has 1 aliphatic heterocycles. The predicted molar refractivity (Wildman–Crippen MR) is 103 cm³/mol. The molecule has 1 aliphatic rings. The molecule has 6 nitrogen and oxygen atoms in total. The van der Waals surface area contributed by atoms with Crippen molar-refractivity contribution >= 4 is 11.6 Å². The van der Waals surface area contributed by atoms with Gasteiger partial charge in [-0.1, -0.05) is 13.8 Å². The maximum Gasteiger partial charge on any atom is 0.256 e. The highest BCUT2D eigenvalue weighted by Crippen LogP contribution is 2.21. The molecule has 146 valence electrons. The first-order valence-electron chi connectivity index (χ1n) is 9.55. The third-order valence-corrected chi connectivity index (χ3v) is 4.67. The molecule has 1 aromatic carbocycles. The summed E-state index contributed by atoms with van der Waals surface area (Å²) in [6, 6.07) is 7.48. The highest BCUT2D eigenvalue weighted by Gasteiger charge is 2.32. The highest BCUT2D eigenvalue weighted by molar-refractivity contribution is 5.97. The molecule has 0 bridgehead atoms. The first-order chi connectivity index (χ1) is 12.6. The smallest absolute Gasteiger partial charge is 0.256 e. The number of carbonyl (C=O) groups excluding carboxylic acids is 1. The van der Waals surface area contributed by atoms with E-state index in [0.717, 1.165) is 50.7 Å². The number of hydrogen-bond acceptors (Lipinski definition) is 5. The molecule has 1 heterocycles. The molecule has 2 rings (SSSR count). The van der Waals surface area contributed by atoms with Gasteiger partial charge in [0.25, 0.3) is 5.91 Å². The van der Waals surface area contributed by atoms with E-state index < -0.39 is 5.60 Å². The monoisotopic (exact) mass is 364 g/mol. The van der Waals surface area contributed by atoms with E-state index in [1.54, 1.807) is 0 Å². The van der Waals surface area contributed by atoms with Crippen LogP contribution in [0.3, 0.4) is 0 Å². The lowest BCUT2D eigenvalue weighted by molar-refractivity contribution is -0.139. The number of morpholine rings is 1. The summed E-state index contributed by atoms with van der Waals surface area (Å²) >= 11 is 0. The van der Waals surface area contributed by atoms with Crippen molar-refractivity contribution in [2.45, 2.75) is 39.2 Å². The number of benzene rings is 1. The van der Waals surface area contributed by atoms with E-state index in [1.807, 2.05) is 45.0 Å². The Balaban J connectivity index is 1.79. The van der Waals surface area contributed by atoms with Crippen molar-refractivity contribution < 1.29 is 19.0 Å². The zero-order chi connectivity index (χ0) is 18.8. The fraction of sp³-hybridized carbons (Fsp3) is 0.650. The summed E-state index contributed by atoms with van der Waals surface area (Å²) in [4.78, 5) is 14.9. The van der Waals surface area contributed by atoms with Crippen molar-refractivity contribution in [2.75, 3.05) is 51.4 Å². The Bertz CT molecular complexity index is 543. The van der Waals surface area contributed by atoms with Crippen LogP contribution in [-0.4, -0.2) is 62.5 Å². The van der Waals surface area contributed by atoms with Gasteiger partial charge in [0.2, 0.25) is 0 Å². The van der Waals surface area contributed by atoms with Gasteiger partial charge in [0.05, 0.1) is 13.2 Å². The molecule has 0 spiro atoms. The molecule has 0 unspecified atom stereocenters. The van der Waals surface area contributed by atoms with Crippen LogP contribution < -0.4 is 10.1 Å². The third kappa shape index (κ3) is 6.27. The topological polar surface area (TPSA) is 60.0 Å². The number of anilines is 1. The Morgan fingerprint density at radius 3 is 2.50 bits per heavy atom. The number of rotatable bonds is 10. The van der Waals surface area contributed by atoms with Crippen molar-refractivity contribution in [2.24, 2.45) is 0 Å². The predicted octanol–water partition coefficient (Wildman–Crippen LogP) is 2.93. The van der Waals surface area contributed by atoms with Crippen LogP contribution in [-0.2, 0) is 14.3 Å². The summed E-state index contributed by atoms with van der Waals surface area (Å²) in [5, 5.41) is 2.94. The molecule has 1 saturated heterocycles. The average Bonchev–Trinajstić information content (AvgIpc) is 2.68. The van der Waals surface area contributed by atoms with Gasteiger partial charge in [0.15, 0.2) is 0 Å². The maximum atomic E-state index is 12.5. The maximum absolute atomic E-state index is 12.5. The van der Waals surface area contributed by atoms with Crippen LogP contribution in [0.5, 0.6) is 5.75 Å². The molecule has 0 aromatic heterocycles. The Hall–Kier alpha value is -1.63. The summed E-state index contributed by atoms with van der Waals surface area (Å²) in [5.74, 6) is 0.686. The molecule has 0 radical (unpaired) electrons. The number of nitrogens with one attached hydrogen (secondary N) is 1. The average molecular weight is 364 g/mol. The second kappa shape index (κ2) is 10.5. The summed E-state index contributed by atoms with van der Waals surface area (Å²) in [5.41, 5.74) is -0.0566. The van der Waals surface area contributed by atoms with Crippen molar-refractivity contribution in [1.82, 2.24) is 4.90 Å². The van der Waals surface area contributed by atoms with Crippen LogP contribution in [0.25, 0.3) is 0 Å². The fourth-order valence-corrected chi connectivity index (χ4v) is 2.67. The van der Waals surface area contributed by atoms with Crippen LogP contribution in [0, 0.1) is 0 Å². The van der Waals surface area contributed by atoms with Gasteiger partial charge in [-0.25, -0.2) is 0 Å². The van der Waals surface area contributed by atoms with Crippen LogP contribution in [0.4, 0.5) is 5.69 Å². The van der Waals surface area contributed by atoms with Crippen molar-refractivity contribution in [3.63, 3.8) is 0 Å². The highest BCUT2D eigenvalue weighted by atomic mass is 16.5. The van der Waals surface area contributed by atoms with Gasteiger partial charge in [-0.15, -0.1) is 0 Å². The third-order valence-electron chi connectivity index (χ3n) is 4.67. The second-order valence-corrected chi connectivity index (χ2v) is 6.71. The summed E-state index contributed by atoms with van der Waals surface area (Å²) in [6.45, 7) is 11.5. The van der Waals surface area contributed by atoms with Crippen LogP contribution >= 0.6 is 0 Å². The molecule has 0 aliphatic carbocycles. The molecule has 1 fully saturated rings. The van der Waals surface area contributed by atoms with Gasteiger partial charge in [-0.05, 0) is 44.0 Å². The molecular formula is C20H32N2O4. The van der Waals surface area contributed by atoms with Crippen LogP contribution in [0.15, 0.2) is 24.3 Å². The number of carbonyl (C=O) groups is 1. The van der Waals surface area contributed by atoms with E-state index in [2.05, 4.69) is 10.2 Å². The first kappa shape index (κ1) is 20.7. The van der Waals surface area contributed by atoms with Gasteiger partial charge < -0.3 is 19.5 Å². The minimum Gasteiger partial charge on any atom is -0.492 e. The molecule has 6 heteroatoms. The molecule has 1 N–H and O–H groups in total. The fourth-order valence-electron chi connectivity index (χ4n) is 2.67. The van der Waals surface area contributed by atoms with Crippen LogP contribution in [0.2, 0.25) is 0 Å². The number of amides is 1. The summed E-state index contributed by atoms with van der Waals surface area (Å²) in [6.07, 6.45) is 1.51. The van der Waals surface area contributed by atoms with Crippen molar-refractivity contribution in [3.05, 3.63) is 24.3 Å². The van der Waals surface area contributed by atoms with E-state index in [0.29, 0.717) is 19.6 Å². The summed E-state index contributed by atoms with van der Waals surface area (Å²) < 4.78 is 16.9. The lowest BCUT2D eigenvalue weighted by Crippen LogP contribution is -2.42. The van der Waals surface area contributed by atoms with E-state index >= 15 is 0 Å². The zero-order valence-corrected chi connectivity index (χ0v) is 16.3. The summed E-state index contributed by atoms with van der Waals surface area (Å²) in [7, 11) is 0. The van der Waals surface area contributed by atoms with E-state index in [1.165, 1.54) is 0 Å². The van der Waals surface area contributed by atoms with Gasteiger partial charge >= 0.3 is 0 Å². The lowest BCUT2D eigenvalue weighted by Gasteiger charge is -2.27. The van der Waals surface area contributed by atoms with Crippen LogP contribution in [0.1, 0.15) is 33.6 Å². The Kier molecular flexibility index (Phi) is 8.35. The zero-order valence-electron chi connectivity index (χ0n) is 16.3. The Morgan fingerprint density at radius 1 is 1.19 bits per heavy atom. The second-order valence-electron chi connectivity index (χ2n) is 6.71. The van der Waals surface area contributed by atoms with E-state index in [-0.39, 0.29) is 5.91 Å². The lowest BCUT2D eigenvalue weighted by atomic mass is 10.0. The molecule has 26 heavy (non-hydrogen) atoms. The molecular weight excluding hydrogens is 332 g/mol. The minimum absolute atomic E-state index is 0.116. The molecule has 0 saturated carbocycles. The Morgan fingerprint density at radius 2 is 1.88 bits per heavy atom. The quantitative estimate of drug-likeness (QED) is 0.692. The minimum atomic E-state index is -0.802. The molecule has 1 atom stereocenters. The number of ether oxygens (including phenoxy) is 3. The first-order valence-corrected chi connectivity index (χ1v) is 9.55. The SMILES string of the molecule is CCCO[C@](C)(CC)C(=O)Nc1ccc(OCCN2CCOCC2)cc1. The standard InChI is InChI=1S/C20H32N2O4/c1-4-13-26-20(3,5-2)19(23)21-17-6-8-18(9-7-17)25-16-12-22-10-14-24-15-11-22/h6-9H,4-5,10-16H2,1-3H3,(H,21,23)/t20-/m1/s1. The van der Waals surface area contributed by atoms with E-state index in [4.69, 9.17) is 14.2 Å². The largest absolute Gasteiger partial charge is 0.492 e. The van der Waals surface area contributed by atoms with Crippen molar-refractivity contribution in [1.29, 1.82) is 0 Å².